The fourth-order valence-corrected chi connectivity index (χ4v) is 2.32. The lowest BCUT2D eigenvalue weighted by Gasteiger charge is -2.06. The molecular weight excluding hydrogens is 304 g/mol. The van der Waals surface area contributed by atoms with E-state index in [0.29, 0.717) is 13.0 Å². The van der Waals surface area contributed by atoms with Crippen LogP contribution in [0, 0.1) is 6.92 Å². The summed E-state index contributed by atoms with van der Waals surface area (Å²) in [4.78, 5) is 33.5. The first kappa shape index (κ1) is 18.0. The molecule has 22 heavy (non-hydrogen) atoms. The van der Waals surface area contributed by atoms with Crippen LogP contribution in [0.2, 0.25) is 0 Å². The SMILES string of the molecule is Cc1cccc(NC(=O)CSCC(=O)NCCCC(=O)O)c1. The van der Waals surface area contributed by atoms with E-state index < -0.39 is 5.97 Å². The number of nitrogens with one attached hydrogen (secondary N) is 2. The number of aliphatic carboxylic acids is 1. The van der Waals surface area contributed by atoms with Crippen LogP contribution in [0.25, 0.3) is 0 Å². The van der Waals surface area contributed by atoms with E-state index in [-0.39, 0.29) is 29.7 Å². The second-order valence-electron chi connectivity index (χ2n) is 4.76. The summed E-state index contributed by atoms with van der Waals surface area (Å²) in [5.74, 6) is -0.866. The molecule has 2 amide bonds. The Bertz CT molecular complexity index is 534. The van der Waals surface area contributed by atoms with Crippen LogP contribution in [0.15, 0.2) is 24.3 Å². The minimum atomic E-state index is -0.878. The Morgan fingerprint density at radius 3 is 2.59 bits per heavy atom. The van der Waals surface area contributed by atoms with E-state index in [4.69, 9.17) is 5.11 Å². The average molecular weight is 324 g/mol. The van der Waals surface area contributed by atoms with Crippen LogP contribution >= 0.6 is 11.8 Å². The lowest BCUT2D eigenvalue weighted by atomic mass is 10.2. The highest BCUT2D eigenvalue weighted by Gasteiger charge is 2.06. The summed E-state index contributed by atoms with van der Waals surface area (Å²) in [6.45, 7) is 2.28. The van der Waals surface area contributed by atoms with E-state index >= 15 is 0 Å². The van der Waals surface area contributed by atoms with Gasteiger partial charge >= 0.3 is 5.97 Å². The topological polar surface area (TPSA) is 95.5 Å². The molecule has 0 radical (unpaired) electrons. The Kier molecular flexibility index (Phi) is 8.06. The van der Waals surface area contributed by atoms with Gasteiger partial charge in [-0.2, -0.15) is 0 Å². The van der Waals surface area contributed by atoms with Gasteiger partial charge < -0.3 is 15.7 Å². The van der Waals surface area contributed by atoms with Gasteiger partial charge in [0.05, 0.1) is 11.5 Å². The summed E-state index contributed by atoms with van der Waals surface area (Å²) < 4.78 is 0. The van der Waals surface area contributed by atoms with Crippen molar-refractivity contribution in [3.63, 3.8) is 0 Å². The summed E-state index contributed by atoms with van der Waals surface area (Å²) in [6, 6.07) is 7.49. The Morgan fingerprint density at radius 1 is 1.18 bits per heavy atom. The number of carboxylic acid groups (broad SMARTS) is 1. The molecule has 0 heterocycles. The number of aryl methyl sites for hydroxylation is 1. The molecule has 0 spiro atoms. The highest BCUT2D eigenvalue weighted by molar-refractivity contribution is 8.00. The van der Waals surface area contributed by atoms with Gasteiger partial charge in [-0.05, 0) is 31.0 Å². The van der Waals surface area contributed by atoms with Crippen molar-refractivity contribution in [3.05, 3.63) is 29.8 Å². The highest BCUT2D eigenvalue weighted by Crippen LogP contribution is 2.10. The van der Waals surface area contributed by atoms with E-state index in [0.717, 1.165) is 11.3 Å². The third kappa shape index (κ3) is 8.31. The summed E-state index contributed by atoms with van der Waals surface area (Å²) in [5.41, 5.74) is 1.80. The van der Waals surface area contributed by atoms with Crippen LogP contribution < -0.4 is 10.6 Å². The molecule has 0 bridgehead atoms. The molecule has 1 aromatic carbocycles. The molecule has 6 nitrogen and oxygen atoms in total. The van der Waals surface area contributed by atoms with Crippen molar-refractivity contribution < 1.29 is 19.5 Å². The van der Waals surface area contributed by atoms with Gasteiger partial charge in [0.15, 0.2) is 0 Å². The second-order valence-corrected chi connectivity index (χ2v) is 5.74. The maximum absolute atomic E-state index is 11.7. The summed E-state index contributed by atoms with van der Waals surface area (Å²) in [7, 11) is 0. The Balaban J connectivity index is 2.14. The quantitative estimate of drug-likeness (QED) is 0.600. The molecule has 120 valence electrons. The van der Waals surface area contributed by atoms with Crippen LogP contribution in [0.1, 0.15) is 18.4 Å². The van der Waals surface area contributed by atoms with E-state index in [1.54, 1.807) is 0 Å². The summed E-state index contributed by atoms with van der Waals surface area (Å²) in [6.07, 6.45) is 0.436. The van der Waals surface area contributed by atoms with Gasteiger partial charge in [-0.15, -0.1) is 11.8 Å². The number of carbonyl (C=O) groups excluding carboxylic acids is 2. The molecule has 0 atom stereocenters. The van der Waals surface area contributed by atoms with Crippen LogP contribution in [-0.4, -0.2) is 40.9 Å². The minimum absolute atomic E-state index is 0.0340. The van der Waals surface area contributed by atoms with Crippen molar-refractivity contribution in [1.29, 1.82) is 0 Å². The number of hydrogen-bond donors (Lipinski definition) is 3. The highest BCUT2D eigenvalue weighted by atomic mass is 32.2. The van der Waals surface area contributed by atoms with Crippen LogP contribution in [-0.2, 0) is 14.4 Å². The van der Waals surface area contributed by atoms with Gasteiger partial charge in [0.25, 0.3) is 0 Å². The smallest absolute Gasteiger partial charge is 0.303 e. The largest absolute Gasteiger partial charge is 0.481 e. The molecule has 0 saturated carbocycles. The summed E-state index contributed by atoms with van der Waals surface area (Å²) in [5, 5.41) is 13.8. The molecule has 0 aromatic heterocycles. The normalized spacial score (nSPS) is 10.0. The maximum Gasteiger partial charge on any atom is 0.303 e. The molecule has 0 aliphatic heterocycles. The number of rotatable bonds is 9. The van der Waals surface area contributed by atoms with Gasteiger partial charge in [0.1, 0.15) is 0 Å². The van der Waals surface area contributed by atoms with Gasteiger partial charge in [-0.3, -0.25) is 14.4 Å². The Labute approximate surface area is 133 Å². The fraction of sp³-hybridized carbons (Fsp3) is 0.400. The Morgan fingerprint density at radius 2 is 1.91 bits per heavy atom. The molecule has 0 unspecified atom stereocenters. The minimum Gasteiger partial charge on any atom is -0.481 e. The van der Waals surface area contributed by atoms with Crippen LogP contribution in [0.5, 0.6) is 0 Å². The molecule has 0 saturated heterocycles. The number of thioether (sulfide) groups is 1. The fourth-order valence-electron chi connectivity index (χ4n) is 1.67. The van der Waals surface area contributed by atoms with E-state index in [9.17, 15) is 14.4 Å². The number of anilines is 1. The molecule has 7 heteroatoms. The molecule has 0 fully saturated rings. The standard InChI is InChI=1S/C15H20N2O4S/c1-11-4-2-5-12(8-11)17-14(19)10-22-9-13(18)16-7-3-6-15(20)21/h2,4-5,8H,3,6-7,9-10H2,1H3,(H,16,18)(H,17,19)(H,20,21). The number of benzene rings is 1. The monoisotopic (exact) mass is 324 g/mol. The van der Waals surface area contributed by atoms with E-state index in [2.05, 4.69) is 10.6 Å². The summed E-state index contributed by atoms with van der Waals surface area (Å²) >= 11 is 1.22. The Hall–Kier alpha value is -2.02. The van der Waals surface area contributed by atoms with Crippen LogP contribution in [0.3, 0.4) is 0 Å². The first-order valence-corrected chi connectivity index (χ1v) is 8.05. The molecule has 1 rings (SSSR count). The number of amides is 2. The second kappa shape index (κ2) is 9.83. The van der Waals surface area contributed by atoms with Crippen molar-refractivity contribution in [2.75, 3.05) is 23.4 Å². The van der Waals surface area contributed by atoms with Gasteiger partial charge in [-0.25, -0.2) is 0 Å². The molecule has 0 aliphatic carbocycles. The third-order valence-electron chi connectivity index (χ3n) is 2.66. The molecular formula is C15H20N2O4S. The molecule has 3 N–H and O–H groups in total. The van der Waals surface area contributed by atoms with Crippen molar-refractivity contribution in [3.8, 4) is 0 Å². The van der Waals surface area contributed by atoms with Gasteiger partial charge in [0, 0.05) is 18.7 Å². The van der Waals surface area contributed by atoms with Crippen molar-refractivity contribution in [1.82, 2.24) is 5.32 Å². The average Bonchev–Trinajstić information content (AvgIpc) is 2.43. The lowest BCUT2D eigenvalue weighted by Crippen LogP contribution is -2.27. The zero-order chi connectivity index (χ0) is 16.4. The first-order chi connectivity index (χ1) is 10.5. The lowest BCUT2D eigenvalue weighted by molar-refractivity contribution is -0.137. The van der Waals surface area contributed by atoms with Gasteiger partial charge in [-0.1, -0.05) is 12.1 Å². The zero-order valence-corrected chi connectivity index (χ0v) is 13.2. The van der Waals surface area contributed by atoms with Crippen molar-refractivity contribution in [2.45, 2.75) is 19.8 Å². The predicted molar refractivity (Wildman–Crippen MR) is 87.0 cm³/mol. The number of carbonyl (C=O) groups is 3. The van der Waals surface area contributed by atoms with E-state index in [1.807, 2.05) is 31.2 Å². The van der Waals surface area contributed by atoms with Crippen molar-refractivity contribution >= 4 is 35.2 Å². The van der Waals surface area contributed by atoms with Gasteiger partial charge in [0.2, 0.25) is 11.8 Å². The maximum atomic E-state index is 11.7. The predicted octanol–water partition coefficient (Wildman–Crippen LogP) is 1.65. The van der Waals surface area contributed by atoms with E-state index in [1.165, 1.54) is 11.8 Å². The zero-order valence-electron chi connectivity index (χ0n) is 12.4. The van der Waals surface area contributed by atoms with Crippen LogP contribution in [0.4, 0.5) is 5.69 Å². The van der Waals surface area contributed by atoms with Crippen molar-refractivity contribution in [2.24, 2.45) is 0 Å². The first-order valence-electron chi connectivity index (χ1n) is 6.90. The molecule has 1 aromatic rings. The number of carboxylic acids is 1. The molecule has 0 aliphatic rings. The third-order valence-corrected chi connectivity index (χ3v) is 3.59. The number of hydrogen-bond acceptors (Lipinski definition) is 4.